The predicted octanol–water partition coefficient (Wildman–Crippen LogP) is 4.19. The maximum atomic E-state index is 13.1. The first-order valence-electron chi connectivity index (χ1n) is 11.0. The highest BCUT2D eigenvalue weighted by molar-refractivity contribution is 6.36. The summed E-state index contributed by atoms with van der Waals surface area (Å²) >= 11 is 0. The van der Waals surface area contributed by atoms with Crippen LogP contribution in [0.4, 0.5) is 17.1 Å². The van der Waals surface area contributed by atoms with Crippen molar-refractivity contribution >= 4 is 34.4 Å². The molecule has 0 spiro atoms. The van der Waals surface area contributed by atoms with Gasteiger partial charge in [-0.05, 0) is 67.6 Å². The van der Waals surface area contributed by atoms with Crippen molar-refractivity contribution in [1.29, 1.82) is 0 Å². The van der Waals surface area contributed by atoms with Gasteiger partial charge in [0.1, 0.15) is 5.70 Å². The normalized spacial score (nSPS) is 16.7. The summed E-state index contributed by atoms with van der Waals surface area (Å²) in [6, 6.07) is 13.6. The van der Waals surface area contributed by atoms with Crippen molar-refractivity contribution in [2.24, 2.45) is 0 Å². The van der Waals surface area contributed by atoms with E-state index in [4.69, 9.17) is 0 Å². The maximum absolute atomic E-state index is 13.1. The van der Waals surface area contributed by atoms with E-state index in [0.717, 1.165) is 18.8 Å². The first-order chi connectivity index (χ1) is 15.5. The van der Waals surface area contributed by atoms with Crippen molar-refractivity contribution in [2.75, 3.05) is 29.9 Å². The lowest BCUT2D eigenvalue weighted by Crippen LogP contribution is -2.33. The second-order valence-electron chi connectivity index (χ2n) is 8.04. The van der Waals surface area contributed by atoms with Gasteiger partial charge >= 0.3 is 0 Å². The lowest BCUT2D eigenvalue weighted by molar-refractivity contribution is -0.384. The van der Waals surface area contributed by atoms with Crippen molar-refractivity contribution in [2.45, 2.75) is 32.6 Å². The van der Waals surface area contributed by atoms with Crippen LogP contribution < -0.4 is 10.2 Å². The van der Waals surface area contributed by atoms with Gasteiger partial charge < -0.3 is 10.2 Å². The monoisotopic (exact) mass is 434 g/mol. The summed E-state index contributed by atoms with van der Waals surface area (Å²) in [5.74, 6) is -0.775. The highest BCUT2D eigenvalue weighted by Crippen LogP contribution is 2.32. The third-order valence-corrected chi connectivity index (χ3v) is 5.84. The van der Waals surface area contributed by atoms with Gasteiger partial charge in [0.2, 0.25) is 0 Å². The summed E-state index contributed by atoms with van der Waals surface area (Å²) < 4.78 is 0. The number of hydrogen-bond donors (Lipinski definition) is 1. The van der Waals surface area contributed by atoms with Crippen molar-refractivity contribution in [3.8, 4) is 0 Å². The molecule has 0 unspecified atom stereocenters. The van der Waals surface area contributed by atoms with E-state index in [-0.39, 0.29) is 22.9 Å². The number of nitrogens with one attached hydrogen (secondary N) is 1. The summed E-state index contributed by atoms with van der Waals surface area (Å²) in [5.41, 5.74) is 2.68. The SMILES string of the molecule is CCCN1C(=O)C(Nc2ccc(N3CCCCC3)cc2)=C(c2ccc([N+](=O)[O-])cc2)C1=O. The Kier molecular flexibility index (Phi) is 6.20. The quantitative estimate of drug-likeness (QED) is 0.399. The second kappa shape index (κ2) is 9.21. The number of piperidine rings is 1. The molecule has 0 atom stereocenters. The topological polar surface area (TPSA) is 95.8 Å². The van der Waals surface area contributed by atoms with Gasteiger partial charge in [-0.25, -0.2) is 0 Å². The summed E-state index contributed by atoms with van der Waals surface area (Å²) in [4.78, 5) is 40.2. The van der Waals surface area contributed by atoms with Crippen LogP contribution in [0.3, 0.4) is 0 Å². The number of nitro groups is 1. The van der Waals surface area contributed by atoms with E-state index in [1.165, 1.54) is 48.4 Å². The van der Waals surface area contributed by atoms with Crippen LogP contribution in [0, 0.1) is 10.1 Å². The molecule has 2 aliphatic rings. The number of anilines is 2. The van der Waals surface area contributed by atoms with Crippen LogP contribution >= 0.6 is 0 Å². The largest absolute Gasteiger partial charge is 0.372 e. The van der Waals surface area contributed by atoms with Crippen LogP contribution in [0.15, 0.2) is 54.2 Å². The van der Waals surface area contributed by atoms with Crippen LogP contribution in [0.2, 0.25) is 0 Å². The van der Waals surface area contributed by atoms with E-state index in [1.54, 1.807) is 0 Å². The first-order valence-corrected chi connectivity index (χ1v) is 11.0. The molecule has 1 N–H and O–H groups in total. The molecule has 0 aliphatic carbocycles. The minimum atomic E-state index is -0.494. The zero-order valence-electron chi connectivity index (χ0n) is 18.0. The van der Waals surface area contributed by atoms with E-state index >= 15 is 0 Å². The van der Waals surface area contributed by atoms with Crippen molar-refractivity contribution < 1.29 is 14.5 Å². The van der Waals surface area contributed by atoms with Crippen molar-refractivity contribution in [1.82, 2.24) is 4.90 Å². The molecule has 0 aromatic heterocycles. The number of carbonyl (C=O) groups is 2. The summed E-state index contributed by atoms with van der Waals surface area (Å²) in [7, 11) is 0. The van der Waals surface area contributed by atoms with Gasteiger partial charge in [-0.2, -0.15) is 0 Å². The number of rotatable bonds is 7. The number of imide groups is 1. The Morgan fingerprint density at radius 1 is 0.938 bits per heavy atom. The molecule has 4 rings (SSSR count). The highest BCUT2D eigenvalue weighted by Gasteiger charge is 2.38. The minimum Gasteiger partial charge on any atom is -0.372 e. The Labute approximate surface area is 186 Å². The third-order valence-electron chi connectivity index (χ3n) is 5.84. The molecule has 2 aromatic rings. The van der Waals surface area contributed by atoms with Crippen LogP contribution in [0.25, 0.3) is 5.57 Å². The van der Waals surface area contributed by atoms with Gasteiger partial charge in [-0.1, -0.05) is 6.92 Å². The molecule has 32 heavy (non-hydrogen) atoms. The van der Waals surface area contributed by atoms with E-state index < -0.39 is 10.8 Å². The molecule has 0 radical (unpaired) electrons. The Hall–Kier alpha value is -3.68. The maximum Gasteiger partial charge on any atom is 0.278 e. The fourth-order valence-corrected chi connectivity index (χ4v) is 4.19. The van der Waals surface area contributed by atoms with E-state index in [0.29, 0.717) is 24.2 Å². The molecule has 1 fully saturated rings. The predicted molar refractivity (Wildman–Crippen MR) is 123 cm³/mol. The average molecular weight is 434 g/mol. The number of amides is 2. The van der Waals surface area contributed by atoms with E-state index in [1.807, 2.05) is 31.2 Å². The number of benzene rings is 2. The van der Waals surface area contributed by atoms with Crippen LogP contribution in [0.5, 0.6) is 0 Å². The van der Waals surface area contributed by atoms with Gasteiger partial charge in [-0.15, -0.1) is 0 Å². The number of non-ortho nitro benzene ring substituents is 1. The fraction of sp³-hybridized carbons (Fsp3) is 0.333. The molecule has 2 heterocycles. The van der Waals surface area contributed by atoms with E-state index in [2.05, 4.69) is 10.2 Å². The molecule has 166 valence electrons. The first kappa shape index (κ1) is 21.5. The zero-order valence-corrected chi connectivity index (χ0v) is 18.0. The summed E-state index contributed by atoms with van der Waals surface area (Å²) in [6.45, 7) is 4.30. The fourth-order valence-electron chi connectivity index (χ4n) is 4.19. The van der Waals surface area contributed by atoms with Gasteiger partial charge in [0.25, 0.3) is 17.5 Å². The Balaban J connectivity index is 1.64. The molecule has 8 heteroatoms. The summed E-state index contributed by atoms with van der Waals surface area (Å²) in [6.07, 6.45) is 4.29. The van der Waals surface area contributed by atoms with Crippen LogP contribution in [-0.2, 0) is 9.59 Å². The second-order valence-corrected chi connectivity index (χ2v) is 8.04. The molecular weight excluding hydrogens is 408 g/mol. The number of nitrogens with zero attached hydrogens (tertiary/aromatic N) is 3. The Morgan fingerprint density at radius 2 is 1.59 bits per heavy atom. The van der Waals surface area contributed by atoms with Crippen molar-refractivity contribution in [3.63, 3.8) is 0 Å². The summed E-state index contributed by atoms with van der Waals surface area (Å²) in [5, 5.41) is 14.1. The minimum absolute atomic E-state index is 0.0700. The average Bonchev–Trinajstić information content (AvgIpc) is 3.04. The van der Waals surface area contributed by atoms with Crippen LogP contribution in [-0.4, -0.2) is 41.3 Å². The number of carbonyl (C=O) groups excluding carboxylic acids is 2. The molecular formula is C24H26N4O4. The van der Waals surface area contributed by atoms with E-state index in [9.17, 15) is 19.7 Å². The van der Waals surface area contributed by atoms with Gasteiger partial charge in [-0.3, -0.25) is 24.6 Å². The molecule has 2 aromatic carbocycles. The lowest BCUT2D eigenvalue weighted by Gasteiger charge is -2.28. The highest BCUT2D eigenvalue weighted by atomic mass is 16.6. The van der Waals surface area contributed by atoms with Gasteiger partial charge in [0.15, 0.2) is 0 Å². The third kappa shape index (κ3) is 4.21. The number of hydrogen-bond acceptors (Lipinski definition) is 6. The Bertz CT molecular complexity index is 1050. The van der Waals surface area contributed by atoms with Crippen LogP contribution in [0.1, 0.15) is 38.2 Å². The number of nitro benzene ring substituents is 1. The molecule has 8 nitrogen and oxygen atoms in total. The molecule has 0 saturated carbocycles. The molecule has 1 saturated heterocycles. The lowest BCUT2D eigenvalue weighted by atomic mass is 10.0. The Morgan fingerprint density at radius 3 is 2.19 bits per heavy atom. The molecule has 2 aliphatic heterocycles. The molecule has 2 amide bonds. The smallest absolute Gasteiger partial charge is 0.278 e. The van der Waals surface area contributed by atoms with Gasteiger partial charge in [0.05, 0.1) is 10.5 Å². The zero-order chi connectivity index (χ0) is 22.7. The standard InChI is InChI=1S/C24H26N4O4/c1-2-14-27-23(29)21(17-6-10-20(11-7-17)28(31)32)22(24(27)30)25-18-8-12-19(13-9-18)26-15-4-3-5-16-26/h6-13,25H,2-5,14-16H2,1H3. The van der Waals surface area contributed by atoms with Crippen molar-refractivity contribution in [3.05, 3.63) is 69.9 Å². The van der Waals surface area contributed by atoms with Gasteiger partial charge in [0, 0.05) is 43.1 Å². The molecule has 0 bridgehead atoms.